The van der Waals surface area contributed by atoms with Crippen molar-refractivity contribution >= 4 is 0 Å². The molecule has 2 heterocycles. The standard InChI is InChI=1S/C21H26O5/c1-21(25-15-20-14-24-20)9-2-3-17(8-10-21)26-18-6-4-16(5-7-18)11-22-12-19-13-23-19/h2-4,6-10,16,19-20H,5,11-15H2,1H3. The van der Waals surface area contributed by atoms with Crippen LogP contribution in [0.15, 0.2) is 60.1 Å². The van der Waals surface area contributed by atoms with Gasteiger partial charge in [-0.3, -0.25) is 0 Å². The molecule has 4 atom stereocenters. The molecule has 140 valence electrons. The lowest BCUT2D eigenvalue weighted by atomic mass is 10.0. The summed E-state index contributed by atoms with van der Waals surface area (Å²) in [5, 5.41) is 0. The Morgan fingerprint density at radius 1 is 1.04 bits per heavy atom. The molecule has 2 fully saturated rings. The summed E-state index contributed by atoms with van der Waals surface area (Å²) in [7, 11) is 0. The highest BCUT2D eigenvalue weighted by Crippen LogP contribution is 2.25. The summed E-state index contributed by atoms with van der Waals surface area (Å²) in [6, 6.07) is 0. The lowest BCUT2D eigenvalue weighted by molar-refractivity contribution is 0.0311. The van der Waals surface area contributed by atoms with Crippen LogP contribution in [0.2, 0.25) is 0 Å². The first-order valence-corrected chi connectivity index (χ1v) is 9.28. The van der Waals surface area contributed by atoms with Crippen molar-refractivity contribution in [3.8, 4) is 0 Å². The van der Waals surface area contributed by atoms with Crippen LogP contribution in [0, 0.1) is 5.92 Å². The molecule has 26 heavy (non-hydrogen) atoms. The summed E-state index contributed by atoms with van der Waals surface area (Å²) < 4.78 is 28.0. The van der Waals surface area contributed by atoms with Gasteiger partial charge in [-0.1, -0.05) is 12.2 Å². The highest BCUT2D eigenvalue weighted by Gasteiger charge is 2.28. The number of ether oxygens (including phenoxy) is 5. The Hall–Kier alpha value is -1.66. The third-order valence-electron chi connectivity index (χ3n) is 4.68. The fourth-order valence-electron chi connectivity index (χ4n) is 2.79. The van der Waals surface area contributed by atoms with Crippen molar-refractivity contribution in [2.45, 2.75) is 31.2 Å². The predicted molar refractivity (Wildman–Crippen MR) is 97.4 cm³/mol. The second-order valence-corrected chi connectivity index (χ2v) is 7.27. The smallest absolute Gasteiger partial charge is 0.127 e. The highest BCUT2D eigenvalue weighted by molar-refractivity contribution is 5.32. The van der Waals surface area contributed by atoms with Crippen LogP contribution in [0.5, 0.6) is 0 Å². The normalized spacial score (nSPS) is 34.9. The van der Waals surface area contributed by atoms with Gasteiger partial charge in [-0.15, -0.1) is 0 Å². The molecule has 0 aromatic rings. The maximum absolute atomic E-state index is 6.00. The van der Waals surface area contributed by atoms with Crippen LogP contribution in [0.3, 0.4) is 0 Å². The SMILES string of the molecule is CC1(OCC2CO2)C=CC=C(OC2=CCC(COCC3CO3)C=C2)C=C1. The van der Waals surface area contributed by atoms with Crippen LogP contribution in [-0.2, 0) is 23.7 Å². The monoisotopic (exact) mass is 358 g/mol. The van der Waals surface area contributed by atoms with Crippen molar-refractivity contribution in [2.24, 2.45) is 5.92 Å². The Morgan fingerprint density at radius 3 is 2.58 bits per heavy atom. The van der Waals surface area contributed by atoms with E-state index in [0.29, 0.717) is 25.2 Å². The molecule has 5 heteroatoms. The van der Waals surface area contributed by atoms with E-state index in [-0.39, 0.29) is 6.10 Å². The Bertz CT molecular complexity index is 651. The van der Waals surface area contributed by atoms with Gasteiger partial charge in [-0.25, -0.2) is 0 Å². The Balaban J connectivity index is 1.23. The molecule has 0 radical (unpaired) electrons. The van der Waals surface area contributed by atoms with Gasteiger partial charge in [-0.2, -0.15) is 0 Å². The number of hydrogen-bond acceptors (Lipinski definition) is 5. The van der Waals surface area contributed by atoms with Crippen LogP contribution in [-0.4, -0.2) is 50.8 Å². The van der Waals surface area contributed by atoms with Crippen molar-refractivity contribution in [1.82, 2.24) is 0 Å². The lowest BCUT2D eigenvalue weighted by Gasteiger charge is -2.21. The van der Waals surface area contributed by atoms with Gasteiger partial charge in [0.15, 0.2) is 0 Å². The lowest BCUT2D eigenvalue weighted by Crippen LogP contribution is -2.25. The second-order valence-electron chi connectivity index (χ2n) is 7.27. The van der Waals surface area contributed by atoms with E-state index in [0.717, 1.165) is 37.8 Å². The van der Waals surface area contributed by atoms with Crippen molar-refractivity contribution < 1.29 is 23.7 Å². The Kier molecular flexibility index (Phi) is 5.41. The molecule has 5 nitrogen and oxygen atoms in total. The van der Waals surface area contributed by atoms with E-state index in [4.69, 9.17) is 23.7 Å². The summed E-state index contributed by atoms with van der Waals surface area (Å²) in [4.78, 5) is 0. The molecule has 0 bridgehead atoms. The van der Waals surface area contributed by atoms with Gasteiger partial charge in [0.1, 0.15) is 29.3 Å². The van der Waals surface area contributed by atoms with E-state index in [1.54, 1.807) is 0 Å². The minimum atomic E-state index is -0.432. The van der Waals surface area contributed by atoms with Crippen LogP contribution in [0.4, 0.5) is 0 Å². The molecule has 4 rings (SSSR count). The molecule has 4 unspecified atom stereocenters. The maximum atomic E-state index is 6.00. The van der Waals surface area contributed by atoms with E-state index in [2.05, 4.69) is 12.2 Å². The number of epoxide rings is 2. The van der Waals surface area contributed by atoms with E-state index in [9.17, 15) is 0 Å². The summed E-state index contributed by atoms with van der Waals surface area (Å²) in [6.07, 6.45) is 17.8. The summed E-state index contributed by atoms with van der Waals surface area (Å²) in [5.74, 6) is 2.07. The molecule has 2 saturated heterocycles. The summed E-state index contributed by atoms with van der Waals surface area (Å²) in [6.45, 7) is 5.73. The van der Waals surface area contributed by atoms with E-state index in [1.165, 1.54) is 0 Å². The Labute approximate surface area is 154 Å². The molecule has 0 saturated carbocycles. The number of allylic oxidation sites excluding steroid dienone is 5. The number of hydrogen-bond donors (Lipinski definition) is 0. The first kappa shape index (κ1) is 17.7. The Morgan fingerprint density at radius 2 is 1.85 bits per heavy atom. The van der Waals surface area contributed by atoms with Crippen LogP contribution in [0.25, 0.3) is 0 Å². The van der Waals surface area contributed by atoms with Crippen molar-refractivity contribution in [1.29, 1.82) is 0 Å². The zero-order chi connectivity index (χ0) is 17.8. The molecular weight excluding hydrogens is 332 g/mol. The third-order valence-corrected chi connectivity index (χ3v) is 4.68. The van der Waals surface area contributed by atoms with Crippen molar-refractivity contribution in [3.05, 3.63) is 60.1 Å². The zero-order valence-electron chi connectivity index (χ0n) is 15.1. The molecule has 4 aliphatic rings. The first-order chi connectivity index (χ1) is 12.7. The molecule has 0 N–H and O–H groups in total. The fourth-order valence-corrected chi connectivity index (χ4v) is 2.79. The largest absolute Gasteiger partial charge is 0.458 e. The molecule has 2 aliphatic heterocycles. The molecule has 0 aromatic carbocycles. The van der Waals surface area contributed by atoms with Crippen molar-refractivity contribution in [3.63, 3.8) is 0 Å². The molecule has 2 aliphatic carbocycles. The van der Waals surface area contributed by atoms with Gasteiger partial charge in [0.25, 0.3) is 0 Å². The van der Waals surface area contributed by atoms with Gasteiger partial charge in [-0.05, 0) is 49.8 Å². The van der Waals surface area contributed by atoms with E-state index < -0.39 is 5.60 Å². The molecule has 0 spiro atoms. The number of rotatable bonds is 9. The molecule has 0 amide bonds. The van der Waals surface area contributed by atoms with Crippen LogP contribution < -0.4 is 0 Å². The first-order valence-electron chi connectivity index (χ1n) is 9.28. The second kappa shape index (κ2) is 7.92. The quantitative estimate of drug-likeness (QED) is 0.593. The zero-order valence-corrected chi connectivity index (χ0v) is 15.1. The van der Waals surface area contributed by atoms with Gasteiger partial charge in [0.05, 0.1) is 33.0 Å². The minimum absolute atomic E-state index is 0.256. The van der Waals surface area contributed by atoms with Gasteiger partial charge in [0, 0.05) is 5.92 Å². The molecular formula is C21H26O5. The topological polar surface area (TPSA) is 52.8 Å². The fraction of sp³-hybridized carbons (Fsp3) is 0.524. The summed E-state index contributed by atoms with van der Waals surface area (Å²) >= 11 is 0. The minimum Gasteiger partial charge on any atom is -0.458 e. The van der Waals surface area contributed by atoms with Crippen molar-refractivity contribution in [2.75, 3.05) is 33.0 Å². The highest BCUT2D eigenvalue weighted by atomic mass is 16.6. The third kappa shape index (κ3) is 5.42. The average molecular weight is 358 g/mol. The van der Waals surface area contributed by atoms with Crippen LogP contribution in [0.1, 0.15) is 13.3 Å². The maximum Gasteiger partial charge on any atom is 0.127 e. The van der Waals surface area contributed by atoms with Gasteiger partial charge in [0.2, 0.25) is 0 Å². The van der Waals surface area contributed by atoms with Gasteiger partial charge >= 0.3 is 0 Å². The van der Waals surface area contributed by atoms with E-state index in [1.807, 2.05) is 43.4 Å². The summed E-state index contributed by atoms with van der Waals surface area (Å²) in [5.41, 5.74) is -0.432. The van der Waals surface area contributed by atoms with Gasteiger partial charge < -0.3 is 23.7 Å². The van der Waals surface area contributed by atoms with E-state index >= 15 is 0 Å². The van der Waals surface area contributed by atoms with Crippen LogP contribution >= 0.6 is 0 Å². The molecule has 0 aromatic heterocycles. The predicted octanol–water partition coefficient (Wildman–Crippen LogP) is 3.06. The average Bonchev–Trinajstić information content (AvgIpc) is 3.53.